The third kappa shape index (κ3) is 2.90. The molecule has 2 aromatic rings. The van der Waals surface area contributed by atoms with Gasteiger partial charge in [-0.1, -0.05) is 13.8 Å². The van der Waals surface area contributed by atoms with Crippen LogP contribution in [0.25, 0.3) is 10.2 Å². The predicted molar refractivity (Wildman–Crippen MR) is 79.5 cm³/mol. The maximum atomic E-state index is 12.5. The van der Waals surface area contributed by atoms with Crippen molar-refractivity contribution < 1.29 is 9.90 Å². The van der Waals surface area contributed by atoms with E-state index in [0.29, 0.717) is 24.8 Å². The van der Waals surface area contributed by atoms with Gasteiger partial charge in [-0.2, -0.15) is 0 Å². The highest BCUT2D eigenvalue weighted by molar-refractivity contribution is 7.18. The normalized spacial score (nSPS) is 11.1. The maximum absolute atomic E-state index is 12.5. The summed E-state index contributed by atoms with van der Waals surface area (Å²) in [5.74, 6) is -0.105. The van der Waals surface area contributed by atoms with Crippen molar-refractivity contribution in [3.8, 4) is 0 Å². The highest BCUT2D eigenvalue weighted by Crippen LogP contribution is 2.22. The van der Waals surface area contributed by atoms with Crippen LogP contribution in [0.1, 0.15) is 37.4 Å². The predicted octanol–water partition coefficient (Wildman–Crippen LogP) is 2.45. The van der Waals surface area contributed by atoms with Gasteiger partial charge in [-0.05, 0) is 18.9 Å². The molecule has 2 rings (SSSR count). The number of aromatic nitrogens is 2. The number of fused-ring (bicyclic) bond motifs is 1. The molecule has 6 heteroatoms. The standard InChI is InChI=1S/C14H18N2O3S/c1-3-9-8-10-13(20-9)15-11(4-2)16(14(10)19)7-5-6-12(17)18/h8H,3-7H2,1-2H3,(H,17,18). The molecule has 2 heterocycles. The topological polar surface area (TPSA) is 72.2 Å². The molecule has 0 saturated carbocycles. The molecule has 0 aliphatic rings. The summed E-state index contributed by atoms with van der Waals surface area (Å²) in [4.78, 5) is 29.6. The van der Waals surface area contributed by atoms with Crippen LogP contribution in [0, 0.1) is 0 Å². The number of carboxylic acids is 1. The van der Waals surface area contributed by atoms with E-state index in [9.17, 15) is 9.59 Å². The van der Waals surface area contributed by atoms with Gasteiger partial charge >= 0.3 is 5.97 Å². The molecule has 5 nitrogen and oxygen atoms in total. The zero-order valence-corrected chi connectivity index (χ0v) is 12.5. The number of nitrogens with zero attached hydrogens (tertiary/aromatic N) is 2. The molecule has 0 aliphatic carbocycles. The van der Waals surface area contributed by atoms with Crippen LogP contribution in [0.15, 0.2) is 10.9 Å². The molecule has 20 heavy (non-hydrogen) atoms. The van der Waals surface area contributed by atoms with Crippen molar-refractivity contribution in [3.05, 3.63) is 27.1 Å². The van der Waals surface area contributed by atoms with Gasteiger partial charge in [-0.25, -0.2) is 4.98 Å². The Balaban J connectivity index is 2.43. The first-order valence-electron chi connectivity index (χ1n) is 6.80. The van der Waals surface area contributed by atoms with Crippen LogP contribution in [-0.4, -0.2) is 20.6 Å². The quantitative estimate of drug-likeness (QED) is 0.888. The van der Waals surface area contributed by atoms with Gasteiger partial charge in [0.25, 0.3) is 5.56 Å². The molecule has 2 aromatic heterocycles. The second-order valence-corrected chi connectivity index (χ2v) is 5.74. The van der Waals surface area contributed by atoms with E-state index in [-0.39, 0.29) is 12.0 Å². The lowest BCUT2D eigenvalue weighted by Crippen LogP contribution is -2.25. The first kappa shape index (κ1) is 14.7. The average molecular weight is 294 g/mol. The fourth-order valence-electron chi connectivity index (χ4n) is 2.17. The molecule has 0 atom stereocenters. The Labute approximate surface area is 120 Å². The molecule has 0 amide bonds. The van der Waals surface area contributed by atoms with Crippen LogP contribution < -0.4 is 5.56 Å². The minimum absolute atomic E-state index is 0.0480. The molecular weight excluding hydrogens is 276 g/mol. The van der Waals surface area contributed by atoms with Crippen molar-refractivity contribution in [2.45, 2.75) is 46.1 Å². The van der Waals surface area contributed by atoms with Gasteiger partial charge in [0.15, 0.2) is 0 Å². The largest absolute Gasteiger partial charge is 0.481 e. The van der Waals surface area contributed by atoms with E-state index in [1.54, 1.807) is 15.9 Å². The molecule has 0 saturated heterocycles. The fraction of sp³-hybridized carbons (Fsp3) is 0.500. The lowest BCUT2D eigenvalue weighted by atomic mass is 10.2. The lowest BCUT2D eigenvalue weighted by molar-refractivity contribution is -0.137. The number of hydrogen-bond donors (Lipinski definition) is 1. The Kier molecular flexibility index (Phi) is 4.54. The SMILES string of the molecule is CCc1cc2c(=O)n(CCCC(=O)O)c(CC)nc2s1. The van der Waals surface area contributed by atoms with Gasteiger partial charge in [-0.15, -0.1) is 11.3 Å². The van der Waals surface area contributed by atoms with Crippen LogP contribution in [0.3, 0.4) is 0 Å². The average Bonchev–Trinajstić information content (AvgIpc) is 2.84. The van der Waals surface area contributed by atoms with Gasteiger partial charge in [0.2, 0.25) is 0 Å². The first-order chi connectivity index (χ1) is 9.56. The number of rotatable bonds is 6. The van der Waals surface area contributed by atoms with Crippen molar-refractivity contribution in [1.29, 1.82) is 0 Å². The van der Waals surface area contributed by atoms with Gasteiger partial charge in [0, 0.05) is 24.3 Å². The number of aryl methyl sites for hydroxylation is 2. The number of carbonyl (C=O) groups is 1. The molecule has 0 aromatic carbocycles. The van der Waals surface area contributed by atoms with Gasteiger partial charge in [-0.3, -0.25) is 14.2 Å². The van der Waals surface area contributed by atoms with E-state index >= 15 is 0 Å². The molecule has 1 N–H and O–H groups in total. The van der Waals surface area contributed by atoms with Crippen molar-refractivity contribution in [3.63, 3.8) is 0 Å². The minimum Gasteiger partial charge on any atom is -0.481 e. The molecular formula is C14H18N2O3S. The lowest BCUT2D eigenvalue weighted by Gasteiger charge is -2.10. The summed E-state index contributed by atoms with van der Waals surface area (Å²) in [6, 6.07) is 1.91. The van der Waals surface area contributed by atoms with Crippen molar-refractivity contribution in [2.75, 3.05) is 0 Å². The number of thiophene rings is 1. The van der Waals surface area contributed by atoms with E-state index in [4.69, 9.17) is 5.11 Å². The molecule has 0 fully saturated rings. The first-order valence-corrected chi connectivity index (χ1v) is 7.62. The molecule has 0 aliphatic heterocycles. The van der Waals surface area contributed by atoms with Crippen molar-refractivity contribution in [1.82, 2.24) is 9.55 Å². The highest BCUT2D eigenvalue weighted by Gasteiger charge is 2.12. The number of hydrogen-bond acceptors (Lipinski definition) is 4. The third-order valence-corrected chi connectivity index (χ3v) is 4.39. The Morgan fingerprint density at radius 1 is 1.40 bits per heavy atom. The van der Waals surface area contributed by atoms with Crippen LogP contribution in [-0.2, 0) is 24.2 Å². The summed E-state index contributed by atoms with van der Waals surface area (Å²) < 4.78 is 1.62. The molecule has 0 spiro atoms. The van der Waals surface area contributed by atoms with Gasteiger partial charge < -0.3 is 5.11 Å². The van der Waals surface area contributed by atoms with E-state index < -0.39 is 5.97 Å². The van der Waals surface area contributed by atoms with Crippen LogP contribution in [0.5, 0.6) is 0 Å². The Morgan fingerprint density at radius 2 is 2.15 bits per heavy atom. The van der Waals surface area contributed by atoms with Gasteiger partial charge in [0.1, 0.15) is 10.7 Å². The van der Waals surface area contributed by atoms with Crippen LogP contribution in [0.4, 0.5) is 0 Å². The van der Waals surface area contributed by atoms with Gasteiger partial charge in [0.05, 0.1) is 5.39 Å². The Morgan fingerprint density at radius 3 is 2.75 bits per heavy atom. The third-order valence-electron chi connectivity index (χ3n) is 3.22. The monoisotopic (exact) mass is 294 g/mol. The second-order valence-electron chi connectivity index (χ2n) is 4.62. The maximum Gasteiger partial charge on any atom is 0.303 e. The number of aliphatic carboxylic acids is 1. The summed E-state index contributed by atoms with van der Waals surface area (Å²) in [5, 5.41) is 9.35. The van der Waals surface area contributed by atoms with E-state index in [0.717, 1.165) is 22.0 Å². The summed E-state index contributed by atoms with van der Waals surface area (Å²) in [5.41, 5.74) is -0.0480. The zero-order chi connectivity index (χ0) is 14.7. The summed E-state index contributed by atoms with van der Waals surface area (Å²) >= 11 is 1.56. The smallest absolute Gasteiger partial charge is 0.303 e. The minimum atomic E-state index is -0.839. The fourth-order valence-corrected chi connectivity index (χ4v) is 3.15. The zero-order valence-electron chi connectivity index (χ0n) is 11.7. The highest BCUT2D eigenvalue weighted by atomic mass is 32.1. The molecule has 0 bridgehead atoms. The van der Waals surface area contributed by atoms with Crippen molar-refractivity contribution >= 4 is 27.5 Å². The Bertz CT molecular complexity index is 688. The number of carboxylic acid groups (broad SMARTS) is 1. The molecule has 0 radical (unpaired) electrons. The van der Waals surface area contributed by atoms with Crippen molar-refractivity contribution in [2.24, 2.45) is 0 Å². The van der Waals surface area contributed by atoms with Crippen LogP contribution in [0.2, 0.25) is 0 Å². The summed E-state index contributed by atoms with van der Waals surface area (Å²) in [6.45, 7) is 4.42. The molecule has 0 unspecified atom stereocenters. The Hall–Kier alpha value is -1.69. The summed E-state index contributed by atoms with van der Waals surface area (Å²) in [6.07, 6.45) is 2.07. The van der Waals surface area contributed by atoms with Crippen LogP contribution >= 0.6 is 11.3 Å². The second kappa shape index (κ2) is 6.17. The summed E-state index contributed by atoms with van der Waals surface area (Å²) in [7, 11) is 0. The van der Waals surface area contributed by atoms with E-state index in [1.165, 1.54) is 0 Å². The van der Waals surface area contributed by atoms with E-state index in [1.807, 2.05) is 13.0 Å². The van der Waals surface area contributed by atoms with E-state index in [2.05, 4.69) is 11.9 Å². The molecule has 108 valence electrons.